The fourth-order valence-electron chi connectivity index (χ4n) is 0.924. The van der Waals surface area contributed by atoms with E-state index < -0.39 is 0 Å². The summed E-state index contributed by atoms with van der Waals surface area (Å²) >= 11 is 8.71. The predicted octanol–water partition coefficient (Wildman–Crippen LogP) is 2.76. The van der Waals surface area contributed by atoms with Gasteiger partial charge >= 0.3 is 0 Å². The van der Waals surface area contributed by atoms with Crippen LogP contribution in [-0.2, 0) is 0 Å². The second-order valence-corrected chi connectivity index (χ2v) is 3.80. The van der Waals surface area contributed by atoms with Crippen molar-refractivity contribution in [1.82, 2.24) is 5.32 Å². The Morgan fingerprint density at radius 2 is 1.91 bits per heavy atom. The SMILES string of the molecule is CCCCCCCNC(=S)S. The maximum absolute atomic E-state index is 4.75. The normalized spacial score (nSPS) is 9.64. The lowest BCUT2D eigenvalue weighted by Crippen LogP contribution is -2.17. The lowest BCUT2D eigenvalue weighted by atomic mass is 10.1. The first kappa shape index (κ1) is 11.2. The molecule has 0 radical (unpaired) electrons. The van der Waals surface area contributed by atoms with Gasteiger partial charge in [-0.15, -0.1) is 12.6 Å². The number of hydrogen-bond donors (Lipinski definition) is 2. The first-order valence-corrected chi connectivity index (χ1v) is 5.09. The Hall–Kier alpha value is 0.240. The molecule has 0 unspecified atom stereocenters. The molecule has 0 fully saturated rings. The van der Waals surface area contributed by atoms with Crippen LogP contribution in [0.5, 0.6) is 0 Å². The van der Waals surface area contributed by atoms with Crippen molar-refractivity contribution in [2.45, 2.75) is 39.0 Å². The molecular formula is C8H17NS2. The van der Waals surface area contributed by atoms with Crippen LogP contribution in [0.4, 0.5) is 0 Å². The Morgan fingerprint density at radius 3 is 2.45 bits per heavy atom. The van der Waals surface area contributed by atoms with E-state index in [2.05, 4.69) is 24.9 Å². The van der Waals surface area contributed by atoms with Gasteiger partial charge in [-0.05, 0) is 6.42 Å². The van der Waals surface area contributed by atoms with Crippen LogP contribution in [0.15, 0.2) is 0 Å². The fraction of sp³-hybridized carbons (Fsp3) is 0.875. The van der Waals surface area contributed by atoms with Gasteiger partial charge in [0, 0.05) is 6.54 Å². The summed E-state index contributed by atoms with van der Waals surface area (Å²) in [6.07, 6.45) is 6.51. The minimum atomic E-state index is 0.612. The lowest BCUT2D eigenvalue weighted by Gasteiger charge is -2.01. The zero-order chi connectivity index (χ0) is 8.53. The molecule has 1 nitrogen and oxygen atoms in total. The Balaban J connectivity index is 2.85. The molecule has 3 heteroatoms. The first-order chi connectivity index (χ1) is 5.27. The van der Waals surface area contributed by atoms with E-state index in [4.69, 9.17) is 12.2 Å². The van der Waals surface area contributed by atoms with E-state index >= 15 is 0 Å². The van der Waals surface area contributed by atoms with E-state index in [0.717, 1.165) is 6.54 Å². The highest BCUT2D eigenvalue weighted by Gasteiger charge is 1.89. The molecule has 0 aromatic rings. The van der Waals surface area contributed by atoms with Gasteiger partial charge in [0.1, 0.15) is 4.32 Å². The molecule has 0 saturated heterocycles. The number of hydrogen-bond acceptors (Lipinski definition) is 1. The highest BCUT2D eigenvalue weighted by Crippen LogP contribution is 2.01. The van der Waals surface area contributed by atoms with Gasteiger partial charge in [0.25, 0.3) is 0 Å². The van der Waals surface area contributed by atoms with Crippen LogP contribution in [0.3, 0.4) is 0 Å². The summed E-state index contributed by atoms with van der Waals surface area (Å²) in [7, 11) is 0. The zero-order valence-electron chi connectivity index (χ0n) is 7.10. The van der Waals surface area contributed by atoms with Crippen molar-refractivity contribution in [1.29, 1.82) is 0 Å². The van der Waals surface area contributed by atoms with Gasteiger partial charge in [-0.25, -0.2) is 0 Å². The van der Waals surface area contributed by atoms with Gasteiger partial charge in [0.2, 0.25) is 0 Å². The number of thiol groups is 1. The van der Waals surface area contributed by atoms with Gasteiger partial charge in [-0.3, -0.25) is 0 Å². The van der Waals surface area contributed by atoms with Crippen LogP contribution < -0.4 is 5.32 Å². The van der Waals surface area contributed by atoms with Crippen LogP contribution >= 0.6 is 24.8 Å². The topological polar surface area (TPSA) is 12.0 Å². The molecule has 0 aromatic carbocycles. The molecule has 66 valence electrons. The van der Waals surface area contributed by atoms with Crippen LogP contribution in [0.1, 0.15) is 39.0 Å². The second kappa shape index (κ2) is 8.34. The third-order valence-electron chi connectivity index (χ3n) is 1.56. The Morgan fingerprint density at radius 1 is 1.27 bits per heavy atom. The van der Waals surface area contributed by atoms with E-state index in [9.17, 15) is 0 Å². The van der Waals surface area contributed by atoms with Crippen LogP contribution in [0.25, 0.3) is 0 Å². The highest BCUT2D eigenvalue weighted by atomic mass is 32.1. The highest BCUT2D eigenvalue weighted by molar-refractivity contribution is 8.11. The fourth-order valence-corrected chi connectivity index (χ4v) is 1.14. The zero-order valence-corrected chi connectivity index (χ0v) is 8.81. The van der Waals surface area contributed by atoms with Crippen molar-refractivity contribution in [2.75, 3.05) is 6.54 Å². The Labute approximate surface area is 80.4 Å². The van der Waals surface area contributed by atoms with Crippen molar-refractivity contribution in [3.05, 3.63) is 0 Å². The standard InChI is InChI=1S/C8H17NS2/c1-2-3-4-5-6-7-9-8(10)11/h2-7H2,1H3,(H2,9,10,11). The van der Waals surface area contributed by atoms with Crippen LogP contribution in [-0.4, -0.2) is 10.9 Å². The van der Waals surface area contributed by atoms with Gasteiger partial charge in [0.15, 0.2) is 0 Å². The number of rotatable bonds is 6. The smallest absolute Gasteiger partial charge is 0.130 e. The van der Waals surface area contributed by atoms with E-state index in [1.807, 2.05) is 0 Å². The van der Waals surface area contributed by atoms with Crippen molar-refractivity contribution in [3.63, 3.8) is 0 Å². The van der Waals surface area contributed by atoms with E-state index in [1.165, 1.54) is 32.1 Å². The quantitative estimate of drug-likeness (QED) is 0.380. The van der Waals surface area contributed by atoms with Gasteiger partial charge in [-0.1, -0.05) is 44.8 Å². The molecule has 0 aliphatic carbocycles. The molecule has 1 N–H and O–H groups in total. The molecule has 0 aromatic heterocycles. The summed E-state index contributed by atoms with van der Waals surface area (Å²) in [5, 5.41) is 3.02. The minimum Gasteiger partial charge on any atom is -0.371 e. The predicted molar refractivity (Wildman–Crippen MR) is 58.3 cm³/mol. The molecule has 0 atom stereocenters. The summed E-state index contributed by atoms with van der Waals surface area (Å²) in [4.78, 5) is 0. The average molecular weight is 191 g/mol. The largest absolute Gasteiger partial charge is 0.371 e. The molecule has 0 aliphatic rings. The van der Waals surface area contributed by atoms with Crippen molar-refractivity contribution >= 4 is 29.2 Å². The molecule has 0 bridgehead atoms. The molecule has 0 amide bonds. The second-order valence-electron chi connectivity index (χ2n) is 2.65. The van der Waals surface area contributed by atoms with Gasteiger partial charge in [0.05, 0.1) is 0 Å². The van der Waals surface area contributed by atoms with Crippen molar-refractivity contribution < 1.29 is 0 Å². The summed E-state index contributed by atoms with van der Waals surface area (Å²) < 4.78 is 0.612. The maximum atomic E-state index is 4.75. The number of thiocarbonyl (C=S) groups is 1. The third kappa shape index (κ3) is 10.2. The molecular weight excluding hydrogens is 174 g/mol. The van der Waals surface area contributed by atoms with E-state index in [0.29, 0.717) is 4.32 Å². The summed E-state index contributed by atoms with van der Waals surface area (Å²) in [5.41, 5.74) is 0. The molecule has 0 spiro atoms. The number of nitrogens with one attached hydrogen (secondary N) is 1. The van der Waals surface area contributed by atoms with E-state index in [1.54, 1.807) is 0 Å². The molecule has 0 aliphatic heterocycles. The monoisotopic (exact) mass is 191 g/mol. The minimum absolute atomic E-state index is 0.612. The van der Waals surface area contributed by atoms with Crippen molar-refractivity contribution in [2.24, 2.45) is 0 Å². The molecule has 0 rings (SSSR count). The van der Waals surface area contributed by atoms with Crippen molar-refractivity contribution in [3.8, 4) is 0 Å². The van der Waals surface area contributed by atoms with Crippen LogP contribution in [0.2, 0.25) is 0 Å². The Bertz CT molecular complexity index is 104. The molecule has 0 saturated carbocycles. The van der Waals surface area contributed by atoms with Gasteiger partial charge in [-0.2, -0.15) is 0 Å². The Kier molecular flexibility index (Phi) is 8.52. The van der Waals surface area contributed by atoms with E-state index in [-0.39, 0.29) is 0 Å². The lowest BCUT2D eigenvalue weighted by molar-refractivity contribution is 0.626. The maximum Gasteiger partial charge on any atom is 0.130 e. The summed E-state index contributed by atoms with van der Waals surface area (Å²) in [6, 6.07) is 0. The third-order valence-corrected chi connectivity index (χ3v) is 1.86. The van der Waals surface area contributed by atoms with Crippen LogP contribution in [0, 0.1) is 0 Å². The average Bonchev–Trinajstić information content (AvgIpc) is 1.96. The number of unbranched alkanes of at least 4 members (excludes halogenated alkanes) is 4. The summed E-state index contributed by atoms with van der Waals surface area (Å²) in [5.74, 6) is 0. The van der Waals surface area contributed by atoms with Gasteiger partial charge < -0.3 is 5.32 Å². The molecule has 11 heavy (non-hydrogen) atoms. The first-order valence-electron chi connectivity index (χ1n) is 4.24. The molecule has 0 heterocycles. The summed E-state index contributed by atoms with van der Waals surface area (Å²) in [6.45, 7) is 3.20.